The van der Waals surface area contributed by atoms with E-state index in [-0.39, 0.29) is 17.5 Å². The second-order valence-corrected chi connectivity index (χ2v) is 10.6. The summed E-state index contributed by atoms with van der Waals surface area (Å²) in [5.74, 6) is 1.10. The van der Waals surface area contributed by atoms with Crippen molar-refractivity contribution in [3.8, 4) is 11.3 Å². The smallest absolute Gasteiger partial charge is 0.147 e. The molecule has 9 heteroatoms. The molecule has 0 bridgehead atoms. The maximum absolute atomic E-state index is 5.96. The molecule has 4 N–H and O–H groups in total. The summed E-state index contributed by atoms with van der Waals surface area (Å²) in [7, 11) is 0. The molecule has 0 spiro atoms. The van der Waals surface area contributed by atoms with E-state index in [4.69, 9.17) is 15.8 Å². The predicted octanol–water partition coefficient (Wildman–Crippen LogP) is 2.90. The summed E-state index contributed by atoms with van der Waals surface area (Å²) in [6, 6.07) is 6.51. The minimum atomic E-state index is -0.266. The molecule has 2 unspecified atom stereocenters. The number of anilines is 1. The highest BCUT2D eigenvalue weighted by molar-refractivity contribution is 5.95. The van der Waals surface area contributed by atoms with Crippen molar-refractivity contribution < 1.29 is 0 Å². The van der Waals surface area contributed by atoms with Gasteiger partial charge in [-0.25, -0.2) is 4.98 Å². The first kappa shape index (κ1) is 21.6. The minimum absolute atomic E-state index is 0.216. The number of likely N-dealkylation sites (tertiary alicyclic amines) is 1. The first-order valence-corrected chi connectivity index (χ1v) is 12.9. The highest BCUT2D eigenvalue weighted by atomic mass is 15.3. The lowest BCUT2D eigenvalue weighted by molar-refractivity contribution is 0.248. The molecule has 3 aromatic rings. The Morgan fingerprint density at radius 2 is 1.94 bits per heavy atom. The number of H-pyrrole nitrogens is 1. The van der Waals surface area contributed by atoms with E-state index in [9.17, 15) is 0 Å². The Morgan fingerprint density at radius 3 is 2.78 bits per heavy atom. The van der Waals surface area contributed by atoms with Crippen LogP contribution in [0, 0.1) is 5.92 Å². The molecule has 4 aliphatic rings. The quantitative estimate of drug-likeness (QED) is 0.525. The molecule has 2 atom stereocenters. The van der Waals surface area contributed by atoms with Gasteiger partial charge in [-0.05, 0) is 44.4 Å². The molecule has 2 aromatic heterocycles. The van der Waals surface area contributed by atoms with E-state index in [1.54, 1.807) is 0 Å². The van der Waals surface area contributed by atoms with Crippen LogP contribution in [0.2, 0.25) is 0 Å². The zero-order valence-corrected chi connectivity index (χ0v) is 20.5. The van der Waals surface area contributed by atoms with Gasteiger partial charge in [0.2, 0.25) is 0 Å². The summed E-state index contributed by atoms with van der Waals surface area (Å²) in [6.07, 6.45) is 13.9. The maximum atomic E-state index is 5.96. The molecule has 4 aliphatic heterocycles. The van der Waals surface area contributed by atoms with Crippen LogP contribution in [0.5, 0.6) is 0 Å². The van der Waals surface area contributed by atoms with E-state index in [0.29, 0.717) is 0 Å². The number of nitrogens with two attached hydrogens (primary N) is 1. The van der Waals surface area contributed by atoms with E-state index in [1.165, 1.54) is 25.0 Å². The van der Waals surface area contributed by atoms with E-state index in [2.05, 4.69) is 67.6 Å². The fourth-order valence-electron chi connectivity index (χ4n) is 5.90. The van der Waals surface area contributed by atoms with Crippen LogP contribution in [0.25, 0.3) is 27.9 Å². The van der Waals surface area contributed by atoms with Crippen LogP contribution in [-0.4, -0.2) is 69.0 Å². The number of fused-ring (bicyclic) bond motifs is 2. The number of hydrogen-bond donors (Lipinski definition) is 3. The van der Waals surface area contributed by atoms with Crippen LogP contribution in [-0.2, 0) is 0 Å². The molecule has 0 amide bonds. The monoisotopic (exact) mass is 481 g/mol. The van der Waals surface area contributed by atoms with E-state index >= 15 is 0 Å². The molecule has 0 saturated carbocycles. The first-order valence-electron chi connectivity index (χ1n) is 12.9. The number of hydrogen-bond acceptors (Lipinski definition) is 8. The van der Waals surface area contributed by atoms with Gasteiger partial charge >= 0.3 is 0 Å². The van der Waals surface area contributed by atoms with Crippen molar-refractivity contribution in [1.29, 1.82) is 0 Å². The van der Waals surface area contributed by atoms with Gasteiger partial charge in [-0.1, -0.05) is 6.07 Å². The summed E-state index contributed by atoms with van der Waals surface area (Å²) in [5.41, 5.74) is 11.8. The summed E-state index contributed by atoms with van der Waals surface area (Å²) in [5, 5.41) is 12.8. The number of benzene rings is 1. The summed E-state index contributed by atoms with van der Waals surface area (Å²) >= 11 is 0. The molecule has 2 fully saturated rings. The molecule has 6 heterocycles. The van der Waals surface area contributed by atoms with Gasteiger partial charge in [0.15, 0.2) is 0 Å². The van der Waals surface area contributed by atoms with Crippen molar-refractivity contribution in [3.05, 3.63) is 54.3 Å². The average molecular weight is 482 g/mol. The predicted molar refractivity (Wildman–Crippen MR) is 142 cm³/mol. The van der Waals surface area contributed by atoms with Gasteiger partial charge in [0.1, 0.15) is 11.5 Å². The van der Waals surface area contributed by atoms with Gasteiger partial charge in [0.25, 0.3) is 0 Å². The molecule has 1 aromatic carbocycles. The lowest BCUT2D eigenvalue weighted by atomic mass is 9.84. The number of nitrogens with one attached hydrogen (secondary N) is 2. The molecule has 184 valence electrons. The number of piperidine rings is 1. The van der Waals surface area contributed by atoms with Crippen molar-refractivity contribution >= 4 is 28.6 Å². The molecule has 0 radical (unpaired) electrons. The number of nitrogens with zero attached hydrogens (tertiary/aromatic N) is 6. The van der Waals surface area contributed by atoms with Gasteiger partial charge in [-0.2, -0.15) is 5.10 Å². The van der Waals surface area contributed by atoms with Crippen LogP contribution in [0.15, 0.2) is 53.6 Å². The molecular weight excluding hydrogens is 450 g/mol. The Balaban J connectivity index is 1.23. The highest BCUT2D eigenvalue weighted by Crippen LogP contribution is 2.40. The van der Waals surface area contributed by atoms with Crippen LogP contribution in [0.1, 0.15) is 31.9 Å². The van der Waals surface area contributed by atoms with Crippen LogP contribution in [0.4, 0.5) is 5.82 Å². The van der Waals surface area contributed by atoms with Gasteiger partial charge in [0.05, 0.1) is 34.8 Å². The SMILES string of the molecule is CC12C=NC=C(N3CCCCC3)C1C=C(c1n[nH]c3ccc(-c4cncc(N5CC(N)C5)n4)cc13)N2. The van der Waals surface area contributed by atoms with Gasteiger partial charge in [0, 0.05) is 67.2 Å². The minimum Gasteiger partial charge on any atom is -0.373 e. The molecular formula is C27H31N9. The fourth-order valence-corrected chi connectivity index (χ4v) is 5.90. The van der Waals surface area contributed by atoms with E-state index in [0.717, 1.165) is 65.5 Å². The van der Waals surface area contributed by atoms with Crippen LogP contribution in [0.3, 0.4) is 0 Å². The molecule has 7 rings (SSSR count). The third-order valence-corrected chi connectivity index (χ3v) is 7.94. The Bertz CT molecular complexity index is 1410. The van der Waals surface area contributed by atoms with Crippen molar-refractivity contribution in [2.75, 3.05) is 31.1 Å². The van der Waals surface area contributed by atoms with Crippen molar-refractivity contribution in [1.82, 2.24) is 30.4 Å². The Labute approximate surface area is 210 Å². The standard InChI is InChI=1S/C27H31N9/c1-27-16-30-12-24(35-7-3-2-4-8-35)20(27)10-22(32-27)26-19-9-17(5-6-21(19)33-34-26)23-11-29-13-25(31-23)36-14-18(28)15-36/h5-6,9-13,16,18,20,32H,2-4,7-8,14-15,28H2,1H3,(H,33,34). The zero-order valence-electron chi connectivity index (χ0n) is 20.5. The van der Waals surface area contributed by atoms with E-state index in [1.807, 2.05) is 18.6 Å². The van der Waals surface area contributed by atoms with Crippen molar-refractivity contribution in [3.63, 3.8) is 0 Å². The van der Waals surface area contributed by atoms with E-state index < -0.39 is 0 Å². The number of aliphatic imine (C=N–C) groups is 1. The Kier molecular flexibility index (Phi) is 4.89. The summed E-state index contributed by atoms with van der Waals surface area (Å²) < 4.78 is 0. The molecule has 36 heavy (non-hydrogen) atoms. The molecule has 0 aliphatic carbocycles. The number of aromatic nitrogens is 4. The summed E-state index contributed by atoms with van der Waals surface area (Å²) in [4.78, 5) is 18.6. The number of aromatic amines is 1. The Morgan fingerprint density at radius 1 is 1.08 bits per heavy atom. The lowest BCUT2D eigenvalue weighted by Gasteiger charge is -2.39. The fraction of sp³-hybridized carbons (Fsp3) is 0.407. The largest absolute Gasteiger partial charge is 0.373 e. The zero-order chi connectivity index (χ0) is 24.3. The van der Waals surface area contributed by atoms with Gasteiger partial charge < -0.3 is 20.9 Å². The third kappa shape index (κ3) is 3.49. The highest BCUT2D eigenvalue weighted by Gasteiger charge is 2.43. The first-order chi connectivity index (χ1) is 17.6. The summed E-state index contributed by atoms with van der Waals surface area (Å²) in [6.45, 7) is 6.08. The van der Waals surface area contributed by atoms with Crippen LogP contribution >= 0.6 is 0 Å². The second kappa shape index (κ2) is 8.16. The second-order valence-electron chi connectivity index (χ2n) is 10.6. The average Bonchev–Trinajstić information content (AvgIpc) is 3.47. The molecule has 2 saturated heterocycles. The maximum Gasteiger partial charge on any atom is 0.147 e. The van der Waals surface area contributed by atoms with Gasteiger partial charge in [-0.3, -0.25) is 15.1 Å². The van der Waals surface area contributed by atoms with Gasteiger partial charge in [-0.15, -0.1) is 0 Å². The van der Waals surface area contributed by atoms with Crippen LogP contribution < -0.4 is 16.0 Å². The number of rotatable bonds is 4. The lowest BCUT2D eigenvalue weighted by Crippen LogP contribution is -2.56. The van der Waals surface area contributed by atoms with Crippen molar-refractivity contribution in [2.24, 2.45) is 16.6 Å². The third-order valence-electron chi connectivity index (χ3n) is 7.94. The normalized spacial score (nSPS) is 25.9. The topological polar surface area (TPSA) is 111 Å². The van der Waals surface area contributed by atoms with Crippen molar-refractivity contribution in [2.45, 2.75) is 37.8 Å². The molecule has 9 nitrogen and oxygen atoms in total. The Hall–Kier alpha value is -3.72.